The van der Waals surface area contributed by atoms with Gasteiger partial charge in [-0.05, 0) is 37.6 Å². The lowest BCUT2D eigenvalue weighted by Crippen LogP contribution is -2.21. The molecule has 0 heterocycles. The van der Waals surface area contributed by atoms with Crippen molar-refractivity contribution in [1.29, 1.82) is 0 Å². The van der Waals surface area contributed by atoms with E-state index in [1.54, 1.807) is 0 Å². The van der Waals surface area contributed by atoms with Crippen LogP contribution in [0.4, 0.5) is 11.4 Å². The molecule has 2 aromatic rings. The van der Waals surface area contributed by atoms with Crippen molar-refractivity contribution in [3.8, 4) is 11.5 Å². The molecule has 0 fully saturated rings. The molecule has 0 aliphatic carbocycles. The smallest absolute Gasteiger partial charge is 0.243 e. The van der Waals surface area contributed by atoms with Crippen LogP contribution in [0.15, 0.2) is 48.5 Å². The van der Waals surface area contributed by atoms with Crippen LogP contribution in [0.3, 0.4) is 0 Å². The summed E-state index contributed by atoms with van der Waals surface area (Å²) in [6, 6.07) is 15.1. The van der Waals surface area contributed by atoms with Crippen molar-refractivity contribution in [3.05, 3.63) is 48.5 Å². The minimum atomic E-state index is -0.115. The van der Waals surface area contributed by atoms with Gasteiger partial charge in [-0.25, -0.2) is 0 Å². The Morgan fingerprint density at radius 2 is 1.54 bits per heavy atom. The van der Waals surface area contributed by atoms with Gasteiger partial charge in [0.05, 0.1) is 19.8 Å². The zero-order chi connectivity index (χ0) is 20.0. The zero-order valence-corrected chi connectivity index (χ0v) is 17.0. The molecule has 0 saturated heterocycles. The molecule has 0 aliphatic heterocycles. The largest absolute Gasteiger partial charge is 0.494 e. The predicted octanol–water partition coefficient (Wildman–Crippen LogP) is 5.49. The molecule has 5 nitrogen and oxygen atoms in total. The highest BCUT2D eigenvalue weighted by Gasteiger charge is 2.04. The van der Waals surface area contributed by atoms with Crippen LogP contribution in [0.5, 0.6) is 11.5 Å². The van der Waals surface area contributed by atoms with Gasteiger partial charge in [0.15, 0.2) is 0 Å². The van der Waals surface area contributed by atoms with E-state index in [1.165, 1.54) is 25.7 Å². The average molecular weight is 385 g/mol. The minimum absolute atomic E-state index is 0.115. The molecule has 0 atom stereocenters. The van der Waals surface area contributed by atoms with E-state index in [0.29, 0.717) is 6.61 Å². The van der Waals surface area contributed by atoms with Gasteiger partial charge in [0.1, 0.15) is 11.5 Å². The first kappa shape index (κ1) is 21.6. The first-order valence-corrected chi connectivity index (χ1v) is 10.2. The van der Waals surface area contributed by atoms with Gasteiger partial charge in [-0.1, -0.05) is 44.7 Å². The molecule has 0 aromatic heterocycles. The zero-order valence-electron chi connectivity index (χ0n) is 17.0. The van der Waals surface area contributed by atoms with Gasteiger partial charge in [0.2, 0.25) is 5.91 Å². The Kier molecular flexibility index (Phi) is 9.76. The average Bonchev–Trinajstić information content (AvgIpc) is 2.70. The van der Waals surface area contributed by atoms with Crippen molar-refractivity contribution in [2.45, 2.75) is 46.0 Å². The van der Waals surface area contributed by atoms with E-state index in [1.807, 2.05) is 55.5 Å². The van der Waals surface area contributed by atoms with E-state index in [-0.39, 0.29) is 12.5 Å². The number of hydrogen-bond donors (Lipinski definition) is 2. The number of carbonyl (C=O) groups is 1. The van der Waals surface area contributed by atoms with Crippen molar-refractivity contribution in [2.24, 2.45) is 0 Å². The maximum absolute atomic E-state index is 12.2. The van der Waals surface area contributed by atoms with E-state index in [2.05, 4.69) is 17.6 Å². The van der Waals surface area contributed by atoms with Crippen molar-refractivity contribution in [2.75, 3.05) is 30.4 Å². The van der Waals surface area contributed by atoms with Crippen LogP contribution in [-0.2, 0) is 4.79 Å². The SMILES string of the molecule is CCCCCCCOc1cccc(NCC(=O)Nc2cccc(OCC)c2)c1. The summed E-state index contributed by atoms with van der Waals surface area (Å²) in [6.45, 7) is 5.64. The highest BCUT2D eigenvalue weighted by molar-refractivity contribution is 5.93. The van der Waals surface area contributed by atoms with Crippen LogP contribution < -0.4 is 20.1 Å². The van der Waals surface area contributed by atoms with Gasteiger partial charge in [0, 0.05) is 23.5 Å². The highest BCUT2D eigenvalue weighted by atomic mass is 16.5. The molecule has 2 aromatic carbocycles. The van der Waals surface area contributed by atoms with Crippen molar-refractivity contribution in [1.82, 2.24) is 0 Å². The molecule has 5 heteroatoms. The highest BCUT2D eigenvalue weighted by Crippen LogP contribution is 2.19. The number of anilines is 2. The molecule has 2 rings (SSSR count). The van der Waals surface area contributed by atoms with Crippen LogP contribution in [0, 0.1) is 0 Å². The molecule has 152 valence electrons. The second-order valence-electron chi connectivity index (χ2n) is 6.65. The fraction of sp³-hybridized carbons (Fsp3) is 0.435. The Morgan fingerprint density at radius 3 is 2.29 bits per heavy atom. The van der Waals surface area contributed by atoms with Crippen LogP contribution in [0.25, 0.3) is 0 Å². The van der Waals surface area contributed by atoms with Gasteiger partial charge in [-0.2, -0.15) is 0 Å². The Balaban J connectivity index is 1.74. The third kappa shape index (κ3) is 8.33. The summed E-state index contributed by atoms with van der Waals surface area (Å²) in [4.78, 5) is 12.2. The normalized spacial score (nSPS) is 10.4. The van der Waals surface area contributed by atoms with Gasteiger partial charge in [-0.15, -0.1) is 0 Å². The van der Waals surface area contributed by atoms with Crippen LogP contribution >= 0.6 is 0 Å². The number of amides is 1. The molecule has 28 heavy (non-hydrogen) atoms. The summed E-state index contributed by atoms with van der Waals surface area (Å²) < 4.78 is 11.3. The number of rotatable bonds is 13. The van der Waals surface area contributed by atoms with Crippen LogP contribution in [-0.4, -0.2) is 25.7 Å². The van der Waals surface area contributed by atoms with Crippen molar-refractivity contribution in [3.63, 3.8) is 0 Å². The monoisotopic (exact) mass is 384 g/mol. The number of nitrogens with one attached hydrogen (secondary N) is 2. The van der Waals surface area contributed by atoms with E-state index >= 15 is 0 Å². The molecule has 0 unspecified atom stereocenters. The first-order chi connectivity index (χ1) is 13.7. The summed E-state index contributed by atoms with van der Waals surface area (Å²) >= 11 is 0. The quantitative estimate of drug-likeness (QED) is 0.449. The number of carbonyl (C=O) groups excluding carboxylic acids is 1. The third-order valence-corrected chi connectivity index (χ3v) is 4.23. The van der Waals surface area contributed by atoms with E-state index in [9.17, 15) is 4.79 Å². The molecule has 2 N–H and O–H groups in total. The van der Waals surface area contributed by atoms with E-state index in [0.717, 1.165) is 35.9 Å². The number of ether oxygens (including phenoxy) is 2. The Hall–Kier alpha value is -2.69. The second kappa shape index (κ2) is 12.7. The Bertz CT molecular complexity index is 718. The maximum Gasteiger partial charge on any atom is 0.243 e. The standard InChI is InChI=1S/C23H32N2O3/c1-3-5-6-7-8-15-28-22-14-9-11-19(16-22)24-18-23(26)25-20-12-10-13-21(17-20)27-4-2/h9-14,16-17,24H,3-8,15,18H2,1-2H3,(H,25,26). The molecule has 0 radical (unpaired) electrons. The topological polar surface area (TPSA) is 59.6 Å². The van der Waals surface area contributed by atoms with Gasteiger partial charge < -0.3 is 20.1 Å². The van der Waals surface area contributed by atoms with Crippen molar-refractivity contribution < 1.29 is 14.3 Å². The summed E-state index contributed by atoms with van der Waals surface area (Å²) in [5.74, 6) is 1.45. The minimum Gasteiger partial charge on any atom is -0.494 e. The summed E-state index contributed by atoms with van der Waals surface area (Å²) in [7, 11) is 0. The summed E-state index contributed by atoms with van der Waals surface area (Å²) in [5.41, 5.74) is 1.58. The number of benzene rings is 2. The van der Waals surface area contributed by atoms with Gasteiger partial charge >= 0.3 is 0 Å². The fourth-order valence-corrected chi connectivity index (χ4v) is 2.81. The predicted molar refractivity (Wildman–Crippen MR) is 115 cm³/mol. The first-order valence-electron chi connectivity index (χ1n) is 10.2. The maximum atomic E-state index is 12.2. The lowest BCUT2D eigenvalue weighted by molar-refractivity contribution is -0.114. The van der Waals surface area contributed by atoms with Crippen LogP contribution in [0.2, 0.25) is 0 Å². The lowest BCUT2D eigenvalue weighted by atomic mass is 10.2. The molecule has 0 bridgehead atoms. The lowest BCUT2D eigenvalue weighted by Gasteiger charge is -2.11. The Morgan fingerprint density at radius 1 is 0.857 bits per heavy atom. The Labute approximate surface area is 168 Å². The van der Waals surface area contributed by atoms with E-state index in [4.69, 9.17) is 9.47 Å². The summed E-state index contributed by atoms with van der Waals surface area (Å²) in [5, 5.41) is 6.01. The molecule has 0 spiro atoms. The molecular formula is C23H32N2O3. The van der Waals surface area contributed by atoms with Gasteiger partial charge in [-0.3, -0.25) is 4.79 Å². The second-order valence-corrected chi connectivity index (χ2v) is 6.65. The summed E-state index contributed by atoms with van der Waals surface area (Å²) in [6.07, 6.45) is 6.08. The van der Waals surface area contributed by atoms with Gasteiger partial charge in [0.25, 0.3) is 0 Å². The van der Waals surface area contributed by atoms with E-state index < -0.39 is 0 Å². The number of unbranched alkanes of at least 4 members (excludes halogenated alkanes) is 4. The molecule has 1 amide bonds. The third-order valence-electron chi connectivity index (χ3n) is 4.23. The van der Waals surface area contributed by atoms with Crippen molar-refractivity contribution >= 4 is 17.3 Å². The molecular weight excluding hydrogens is 352 g/mol. The fourth-order valence-electron chi connectivity index (χ4n) is 2.81. The van der Waals surface area contributed by atoms with Crippen LogP contribution in [0.1, 0.15) is 46.0 Å². The number of hydrogen-bond acceptors (Lipinski definition) is 4. The molecule has 0 aliphatic rings. The molecule has 0 saturated carbocycles.